The third-order valence-corrected chi connectivity index (χ3v) is 16.8. The van der Waals surface area contributed by atoms with Crippen LogP contribution >= 0.6 is 11.3 Å². The Hall–Kier alpha value is -4.04. The maximum absolute atomic E-state index is 5.68. The number of nitrogens with zero attached hydrogens (tertiary/aromatic N) is 8. The maximum atomic E-state index is 5.68. The summed E-state index contributed by atoms with van der Waals surface area (Å²) in [6.45, 7) is 27.2. The average molecular weight is 1060 g/mol. The molecule has 10 nitrogen and oxygen atoms in total. The van der Waals surface area contributed by atoms with E-state index in [1.807, 2.05) is 24.0 Å². The molecule has 5 aliphatic rings. The molecule has 366 valence electrons. The molecule has 12 heteroatoms. The molecular formula is C57H77N10SSb. The zero-order chi connectivity index (χ0) is 48.9. The van der Waals surface area contributed by atoms with E-state index >= 15 is 0 Å². The van der Waals surface area contributed by atoms with Crippen LogP contribution in [0, 0.1) is 29.6 Å². The summed E-state index contributed by atoms with van der Waals surface area (Å²) in [5.41, 5.74) is 18.3. The summed E-state index contributed by atoms with van der Waals surface area (Å²) in [4.78, 5) is 25.3. The molecule has 2 saturated carbocycles. The van der Waals surface area contributed by atoms with E-state index < -0.39 is 0 Å². The summed E-state index contributed by atoms with van der Waals surface area (Å²) >= 11 is 3.40. The van der Waals surface area contributed by atoms with Crippen LogP contribution in [0.15, 0.2) is 90.6 Å². The summed E-state index contributed by atoms with van der Waals surface area (Å²) in [7, 11) is 2.26. The molecule has 3 aliphatic heterocycles. The zero-order valence-corrected chi connectivity index (χ0v) is 45.9. The van der Waals surface area contributed by atoms with Gasteiger partial charge in [0.15, 0.2) is 0 Å². The molecular weight excluding hydrogens is 979 g/mol. The first kappa shape index (κ1) is 51.3. The molecule has 1 aromatic carbocycles. The van der Waals surface area contributed by atoms with E-state index in [-0.39, 0.29) is 11.5 Å². The Balaban J connectivity index is 0.000000181. The van der Waals surface area contributed by atoms with Gasteiger partial charge in [0.05, 0.1) is 28.6 Å². The van der Waals surface area contributed by atoms with E-state index in [0.717, 1.165) is 81.2 Å². The molecule has 2 N–H and O–H groups in total. The number of rotatable bonds is 17. The van der Waals surface area contributed by atoms with Gasteiger partial charge in [0, 0.05) is 126 Å². The quantitative estimate of drug-likeness (QED) is 0.0698. The Labute approximate surface area is 431 Å². The summed E-state index contributed by atoms with van der Waals surface area (Å²) in [6.07, 6.45) is 22.6. The number of allylic oxidation sites excluding steroid dienone is 1. The van der Waals surface area contributed by atoms with Crippen LogP contribution in [0.5, 0.6) is 0 Å². The predicted molar refractivity (Wildman–Crippen MR) is 288 cm³/mol. The first-order valence-electron chi connectivity index (χ1n) is 25.7. The standard InChI is InChI=1S/C32H37N3S.C24H37N7.CH3.Sb/c1-6-8-16-32(4,5)19-27-26-18-23(28-20-36-21-34-28)14-15-29(26)35(24-11-9-12-24)31(27)25-13-10-17-33-30(25)22(3)7-2;1-17-22(23(17)20-7-10-25-16-26-20)18(2)28-21(19(3)31-11-6-5-9-27-31)13-30-14-24(15-30)8-12-29(24)4;;/h1,10,13-15,17-18,20-22,24H,7-9,11-12,16,19H2,2-5H3;7,10,16-17,21-23,27-28H,2-3,5-6,8-9,11-15H2,1,4H3;1H3;/t;17?,21?,22-,23?;;/m.0../s1. The van der Waals surface area contributed by atoms with Gasteiger partial charge in [-0.25, -0.2) is 20.4 Å². The number of aromatic nitrogens is 5. The molecule has 4 unspecified atom stereocenters. The molecule has 1 spiro atoms. The van der Waals surface area contributed by atoms with Crippen molar-refractivity contribution in [3.8, 4) is 34.9 Å². The minimum atomic E-state index is 0.0925. The van der Waals surface area contributed by atoms with Gasteiger partial charge < -0.3 is 14.9 Å². The Morgan fingerprint density at radius 1 is 1.07 bits per heavy atom. The summed E-state index contributed by atoms with van der Waals surface area (Å²) in [6, 6.07) is 14.1. The monoisotopic (exact) mass is 1050 g/mol. The Bertz CT molecular complexity index is 2550. The van der Waals surface area contributed by atoms with E-state index in [1.54, 1.807) is 40.7 Å². The van der Waals surface area contributed by atoms with Crippen LogP contribution in [-0.4, -0.2) is 120 Å². The molecule has 0 amide bonds. The number of terminal acetylenes is 1. The number of hydrazine groups is 1. The minimum absolute atomic E-state index is 0.0925. The van der Waals surface area contributed by atoms with Crippen molar-refractivity contribution in [2.75, 3.05) is 46.3 Å². The van der Waals surface area contributed by atoms with Gasteiger partial charge in [0.25, 0.3) is 0 Å². The molecule has 69 heavy (non-hydrogen) atoms. The van der Waals surface area contributed by atoms with Crippen LogP contribution < -0.4 is 10.7 Å². The Morgan fingerprint density at radius 3 is 2.51 bits per heavy atom. The van der Waals surface area contributed by atoms with Gasteiger partial charge in [0.1, 0.15) is 6.33 Å². The normalized spacial score (nSPS) is 21.8. The average Bonchev–Trinajstić information content (AvgIpc) is 3.60. The van der Waals surface area contributed by atoms with Crippen LogP contribution in [0.2, 0.25) is 4.87 Å². The van der Waals surface area contributed by atoms with E-state index in [4.69, 9.17) is 11.4 Å². The number of hydrogen-bond acceptors (Lipinski definition) is 10. The predicted octanol–water partition coefficient (Wildman–Crippen LogP) is 11.1. The van der Waals surface area contributed by atoms with Crippen molar-refractivity contribution in [2.45, 2.75) is 133 Å². The van der Waals surface area contributed by atoms with Gasteiger partial charge in [-0.15, -0.1) is 23.7 Å². The molecule has 2 radical (unpaired) electrons. The van der Waals surface area contributed by atoms with Crippen LogP contribution in [0.1, 0.15) is 127 Å². The molecule has 7 heterocycles. The van der Waals surface area contributed by atoms with Gasteiger partial charge >= 0.3 is 27.9 Å². The second-order valence-corrected chi connectivity index (χ2v) is 22.0. The van der Waals surface area contributed by atoms with Crippen LogP contribution in [0.25, 0.3) is 33.4 Å². The Morgan fingerprint density at radius 2 is 1.88 bits per heavy atom. The van der Waals surface area contributed by atoms with Crippen molar-refractivity contribution < 1.29 is 0 Å². The first-order valence-corrected chi connectivity index (χ1v) is 29.1. The Kier molecular flexibility index (Phi) is 16.8. The topological polar surface area (TPSA) is 90.3 Å². The van der Waals surface area contributed by atoms with Gasteiger partial charge in [-0.2, -0.15) is 0 Å². The van der Waals surface area contributed by atoms with Crippen molar-refractivity contribution in [3.63, 3.8) is 0 Å². The fourth-order valence-corrected chi connectivity index (χ4v) is 12.0. The summed E-state index contributed by atoms with van der Waals surface area (Å²) in [5.74, 6) is 4.67. The summed E-state index contributed by atoms with van der Waals surface area (Å²) < 4.78 is 2.67. The number of likely N-dealkylation sites (tertiary alicyclic amines) is 2. The van der Waals surface area contributed by atoms with Gasteiger partial charge in [-0.05, 0) is 118 Å². The summed E-state index contributed by atoms with van der Waals surface area (Å²) in [5, 5.41) is 9.57. The van der Waals surface area contributed by atoms with Gasteiger partial charge in [-0.1, -0.05) is 53.8 Å². The second-order valence-electron chi connectivity index (χ2n) is 21.3. The van der Waals surface area contributed by atoms with Crippen LogP contribution in [0.4, 0.5) is 0 Å². The van der Waals surface area contributed by atoms with E-state index in [2.05, 4.69) is 146 Å². The van der Waals surface area contributed by atoms with Crippen LogP contribution in [-0.2, 0) is 6.42 Å². The zero-order valence-electron chi connectivity index (χ0n) is 42.6. The van der Waals surface area contributed by atoms with Crippen molar-refractivity contribution in [3.05, 3.63) is 108 Å². The molecule has 2 aliphatic carbocycles. The third-order valence-electron chi connectivity index (χ3n) is 16.2. The van der Waals surface area contributed by atoms with Crippen molar-refractivity contribution >= 4 is 45.3 Å². The molecule has 3 saturated heterocycles. The molecule has 5 atom stereocenters. The second kappa shape index (κ2) is 22.6. The number of thiazole rings is 1. The molecule has 5 aromatic rings. The number of fused-ring (bicyclic) bond motifs is 1. The van der Waals surface area contributed by atoms with Crippen LogP contribution in [0.3, 0.4) is 0 Å². The number of nitrogens with one attached hydrogen (secondary N) is 2. The van der Waals surface area contributed by atoms with Gasteiger partial charge in [-0.3, -0.25) is 14.8 Å². The van der Waals surface area contributed by atoms with Gasteiger partial charge in [0.2, 0.25) is 0 Å². The van der Waals surface area contributed by atoms with E-state index in [9.17, 15) is 0 Å². The van der Waals surface area contributed by atoms with Crippen molar-refractivity contribution in [2.24, 2.45) is 17.3 Å². The third kappa shape index (κ3) is 11.1. The van der Waals surface area contributed by atoms with E-state index in [1.165, 1.54) is 84.1 Å². The number of likely N-dealkylation sites (N-methyl/N-ethyl adjacent to an activating group) is 1. The number of pyridine rings is 1. The number of benzene rings is 1. The first-order chi connectivity index (χ1) is 33.4. The molecule has 4 aromatic heterocycles. The number of hydrogen-bond donors (Lipinski definition) is 2. The molecule has 5 fully saturated rings. The molecule has 0 bridgehead atoms. The molecule has 10 rings (SSSR count). The fraction of sp³-hybridized carbons (Fsp3) is 0.544. The fourth-order valence-electron chi connectivity index (χ4n) is 11.4. The van der Waals surface area contributed by atoms with Crippen molar-refractivity contribution in [1.82, 2.24) is 50.1 Å². The van der Waals surface area contributed by atoms with E-state index in [0.29, 0.717) is 35.3 Å². The van der Waals surface area contributed by atoms with Crippen molar-refractivity contribution in [1.29, 1.82) is 0 Å². The SMILES string of the molecule is C#CCCC(C)(C)Cc1c(-c2cccnc2C(C)CC)n(C2CCC2)c2ccc(-c3cscn3)cc12.C=C(NC(CN1CC2(CCN2C)C1)C(=C)N1CCCCN1)[C@@H]1C(C)C1c1ccncn1.[CH3][Sb].